The van der Waals surface area contributed by atoms with E-state index >= 15 is 0 Å². The van der Waals surface area contributed by atoms with E-state index in [4.69, 9.17) is 19.9 Å². The molecular weight excluding hydrogens is 743 g/mol. The number of aromatic nitrogens is 3. The van der Waals surface area contributed by atoms with E-state index < -0.39 is 5.41 Å². The van der Waals surface area contributed by atoms with Gasteiger partial charge in [-0.25, -0.2) is 24.9 Å². The van der Waals surface area contributed by atoms with Crippen LogP contribution < -0.4 is 0 Å². The van der Waals surface area contributed by atoms with E-state index in [9.17, 15) is 0 Å². The van der Waals surface area contributed by atoms with Crippen molar-refractivity contribution in [2.45, 2.75) is 5.41 Å². The first kappa shape index (κ1) is 36.0. The summed E-state index contributed by atoms with van der Waals surface area (Å²) in [5, 5.41) is 0. The third-order valence-electron chi connectivity index (χ3n) is 11.9. The number of hydrogen-bond acceptors (Lipinski definition) is 4. The van der Waals surface area contributed by atoms with E-state index in [0.29, 0.717) is 23.3 Å². The molecule has 0 bridgehead atoms. The van der Waals surface area contributed by atoms with Crippen LogP contribution in [0.25, 0.3) is 67.7 Å². The Morgan fingerprint density at radius 2 is 0.721 bits per heavy atom. The van der Waals surface area contributed by atoms with Crippen LogP contribution in [-0.4, -0.2) is 27.5 Å². The van der Waals surface area contributed by atoms with Gasteiger partial charge in [-0.15, -0.1) is 0 Å². The molecule has 1 aromatic heterocycles. The maximum Gasteiger partial charge on any atom is 0.164 e. The monoisotopic (exact) mass is 779 g/mol. The SMILES string of the molecule is C=N/C(=N\C1=C(c2ccccc2)C2(c3ccccc31)c1ccccc1-c1ccccc12)c1ccc(-c2ccc(-c3nc(-c4ccccc4)nc(-c4ccccc4)n3)cc2)cc1. The van der Waals surface area contributed by atoms with E-state index in [1.54, 1.807) is 0 Å². The second-order valence-corrected chi connectivity index (χ2v) is 15.3. The van der Waals surface area contributed by atoms with E-state index in [1.807, 2.05) is 60.7 Å². The number of allylic oxidation sites excluding steroid dienone is 1. The molecule has 0 saturated heterocycles. The van der Waals surface area contributed by atoms with Crippen LogP contribution in [0.3, 0.4) is 0 Å². The van der Waals surface area contributed by atoms with Crippen LogP contribution in [-0.2, 0) is 5.41 Å². The molecule has 1 spiro atoms. The van der Waals surface area contributed by atoms with Crippen LogP contribution >= 0.6 is 0 Å². The lowest BCUT2D eigenvalue weighted by molar-refractivity contribution is 0.842. The number of aliphatic imine (C=N–C) groups is 2. The average Bonchev–Trinajstić information content (AvgIpc) is 3.81. The molecule has 0 amide bonds. The van der Waals surface area contributed by atoms with E-state index in [-0.39, 0.29) is 0 Å². The molecule has 61 heavy (non-hydrogen) atoms. The lowest BCUT2D eigenvalue weighted by Crippen LogP contribution is -2.26. The molecule has 0 saturated carbocycles. The molecular formula is C56H37N5. The summed E-state index contributed by atoms with van der Waals surface area (Å²) in [6, 6.07) is 73.9. The Balaban J connectivity index is 0.982. The van der Waals surface area contributed by atoms with Gasteiger partial charge in [-0.05, 0) is 51.2 Å². The number of benzene rings is 8. The first-order valence-electron chi connectivity index (χ1n) is 20.4. The van der Waals surface area contributed by atoms with Crippen LogP contribution in [0.15, 0.2) is 222 Å². The smallest absolute Gasteiger partial charge is 0.164 e. The van der Waals surface area contributed by atoms with Crippen molar-refractivity contribution in [3.63, 3.8) is 0 Å². The fraction of sp³-hybridized carbons (Fsp3) is 0.0179. The zero-order valence-electron chi connectivity index (χ0n) is 33.2. The minimum Gasteiger partial charge on any atom is -0.245 e. The first-order valence-corrected chi connectivity index (χ1v) is 20.4. The molecule has 9 aromatic rings. The molecule has 0 atom stereocenters. The molecule has 0 unspecified atom stereocenters. The maximum atomic E-state index is 5.48. The van der Waals surface area contributed by atoms with Gasteiger partial charge in [-0.2, -0.15) is 0 Å². The van der Waals surface area contributed by atoms with Gasteiger partial charge in [-0.1, -0.05) is 212 Å². The van der Waals surface area contributed by atoms with Crippen LogP contribution in [0.2, 0.25) is 0 Å². The molecule has 5 nitrogen and oxygen atoms in total. The summed E-state index contributed by atoms with van der Waals surface area (Å²) in [4.78, 5) is 24.7. The minimum atomic E-state index is -0.556. The topological polar surface area (TPSA) is 63.4 Å². The van der Waals surface area contributed by atoms with Gasteiger partial charge < -0.3 is 0 Å². The Bertz CT molecular complexity index is 3070. The number of rotatable bonds is 7. The molecule has 1 heterocycles. The summed E-state index contributed by atoms with van der Waals surface area (Å²) >= 11 is 0. The van der Waals surface area contributed by atoms with Crippen LogP contribution in [0.4, 0.5) is 0 Å². The highest BCUT2D eigenvalue weighted by molar-refractivity contribution is 6.13. The van der Waals surface area contributed by atoms with Gasteiger partial charge in [0, 0.05) is 33.4 Å². The summed E-state index contributed by atoms with van der Waals surface area (Å²) in [6.45, 7) is 4.04. The Hall–Kier alpha value is -8.15. The Labute approximate surface area is 354 Å². The largest absolute Gasteiger partial charge is 0.245 e. The van der Waals surface area contributed by atoms with Gasteiger partial charge in [0.05, 0.1) is 11.1 Å². The molecule has 11 rings (SSSR count). The standard InChI is InChI=1S/C56H37N5/c1-57-52(58-51-46-25-13-16-28-49(46)56(50(51)39-17-5-2-6-18-39)47-26-14-11-23-44(47)45-24-12-15-27-48(45)56)42-33-29-37(30-34-42)38-31-35-43(36-32-38)55-60-53(40-19-7-3-8-20-40)59-54(61-55)41-21-9-4-10-22-41/h2-36H,1H2/b58-52-. The quantitative estimate of drug-likeness (QED) is 0.120. The summed E-state index contributed by atoms with van der Waals surface area (Å²) in [6.07, 6.45) is 0. The highest BCUT2D eigenvalue weighted by Crippen LogP contribution is 2.64. The summed E-state index contributed by atoms with van der Waals surface area (Å²) in [5.74, 6) is 2.46. The Morgan fingerprint density at radius 1 is 0.361 bits per heavy atom. The molecule has 286 valence electrons. The van der Waals surface area contributed by atoms with Crippen molar-refractivity contribution in [2.24, 2.45) is 9.98 Å². The van der Waals surface area contributed by atoms with Crippen molar-refractivity contribution < 1.29 is 0 Å². The summed E-state index contributed by atoms with van der Waals surface area (Å²) in [7, 11) is 0. The molecule has 8 aromatic carbocycles. The predicted octanol–water partition coefficient (Wildman–Crippen LogP) is 12.9. The summed E-state index contributed by atoms with van der Waals surface area (Å²) in [5.41, 5.74) is 15.8. The van der Waals surface area contributed by atoms with Crippen LogP contribution in [0.1, 0.15) is 33.4 Å². The van der Waals surface area contributed by atoms with Crippen molar-refractivity contribution in [1.29, 1.82) is 0 Å². The molecule has 0 aliphatic heterocycles. The fourth-order valence-corrected chi connectivity index (χ4v) is 9.19. The van der Waals surface area contributed by atoms with Crippen LogP contribution in [0.5, 0.6) is 0 Å². The second kappa shape index (κ2) is 14.9. The first-order chi connectivity index (χ1) is 30.2. The van der Waals surface area contributed by atoms with Gasteiger partial charge in [0.1, 0.15) is 0 Å². The number of amidine groups is 1. The number of nitrogens with zero attached hydrogens (tertiary/aromatic N) is 5. The van der Waals surface area contributed by atoms with Crippen molar-refractivity contribution >= 4 is 23.8 Å². The van der Waals surface area contributed by atoms with Crippen molar-refractivity contribution in [3.8, 4) is 56.4 Å². The fourth-order valence-electron chi connectivity index (χ4n) is 9.19. The maximum absolute atomic E-state index is 5.48. The number of hydrogen-bond donors (Lipinski definition) is 0. The zero-order chi connectivity index (χ0) is 40.8. The highest BCUT2D eigenvalue weighted by atomic mass is 15.0. The molecule has 2 aliphatic carbocycles. The zero-order valence-corrected chi connectivity index (χ0v) is 33.2. The Morgan fingerprint density at radius 3 is 1.20 bits per heavy atom. The van der Waals surface area contributed by atoms with Gasteiger partial charge in [0.2, 0.25) is 0 Å². The van der Waals surface area contributed by atoms with Gasteiger partial charge in [-0.3, -0.25) is 0 Å². The second-order valence-electron chi connectivity index (χ2n) is 15.3. The van der Waals surface area contributed by atoms with Gasteiger partial charge >= 0.3 is 0 Å². The van der Waals surface area contributed by atoms with E-state index in [1.165, 1.54) is 27.8 Å². The van der Waals surface area contributed by atoms with Gasteiger partial charge in [0.15, 0.2) is 23.3 Å². The predicted molar refractivity (Wildman–Crippen MR) is 249 cm³/mol. The van der Waals surface area contributed by atoms with E-state index in [2.05, 4.69) is 163 Å². The lowest BCUT2D eigenvalue weighted by atomic mass is 9.68. The molecule has 0 radical (unpaired) electrons. The number of fused-ring (bicyclic) bond motifs is 7. The van der Waals surface area contributed by atoms with Gasteiger partial charge in [0.25, 0.3) is 0 Å². The molecule has 0 N–H and O–H groups in total. The van der Waals surface area contributed by atoms with Crippen molar-refractivity contribution in [1.82, 2.24) is 15.0 Å². The normalized spacial score (nSPS) is 13.5. The minimum absolute atomic E-state index is 0.556. The van der Waals surface area contributed by atoms with Crippen molar-refractivity contribution in [2.75, 3.05) is 0 Å². The average molecular weight is 780 g/mol. The highest BCUT2D eigenvalue weighted by Gasteiger charge is 2.53. The molecule has 5 heteroatoms. The third-order valence-corrected chi connectivity index (χ3v) is 11.9. The van der Waals surface area contributed by atoms with E-state index in [0.717, 1.165) is 55.8 Å². The summed E-state index contributed by atoms with van der Waals surface area (Å²) < 4.78 is 0. The lowest BCUT2D eigenvalue weighted by Gasteiger charge is -2.32. The van der Waals surface area contributed by atoms with Crippen molar-refractivity contribution in [3.05, 3.63) is 246 Å². The molecule has 2 aliphatic rings. The molecule has 0 fully saturated rings. The third kappa shape index (κ3) is 5.97. The van der Waals surface area contributed by atoms with Crippen LogP contribution in [0, 0.1) is 0 Å². The Kier molecular flexibility index (Phi) is 8.79.